The van der Waals surface area contributed by atoms with Crippen LogP contribution in [0, 0.1) is 0 Å². The number of hydrogen-bond acceptors (Lipinski definition) is 7. The molecule has 0 N–H and O–H groups in total. The van der Waals surface area contributed by atoms with Crippen molar-refractivity contribution in [1.82, 2.24) is 4.90 Å². The van der Waals surface area contributed by atoms with E-state index in [0.29, 0.717) is 14.1 Å². The third-order valence-electron chi connectivity index (χ3n) is 2.33. The Morgan fingerprint density at radius 3 is 1.88 bits per heavy atom. The molecular formula is C10H10F6NO7S-. The van der Waals surface area contributed by atoms with E-state index in [4.69, 9.17) is 0 Å². The molecule has 8 nitrogen and oxygen atoms in total. The summed E-state index contributed by atoms with van der Waals surface area (Å²) in [5.74, 6) is -11.8. The van der Waals surface area contributed by atoms with Crippen molar-refractivity contribution in [1.29, 1.82) is 0 Å². The van der Waals surface area contributed by atoms with Crippen LogP contribution in [0.4, 0.5) is 26.3 Å². The topological polar surface area (TPSA) is 113 Å². The van der Waals surface area contributed by atoms with E-state index in [0.717, 1.165) is 0 Å². The maximum atomic E-state index is 13.2. The summed E-state index contributed by atoms with van der Waals surface area (Å²) in [7, 11) is -5.17. The Labute approximate surface area is 136 Å². The molecule has 0 saturated carbocycles. The second-order valence-electron chi connectivity index (χ2n) is 4.49. The summed E-state index contributed by atoms with van der Waals surface area (Å²) in [4.78, 5) is 22.8. The molecule has 0 bridgehead atoms. The highest BCUT2D eigenvalue weighted by molar-refractivity contribution is 7.86. The van der Waals surface area contributed by atoms with Gasteiger partial charge in [-0.15, -0.1) is 0 Å². The third-order valence-corrected chi connectivity index (χ3v) is 3.18. The molecule has 0 heterocycles. The summed E-state index contributed by atoms with van der Waals surface area (Å²) >= 11 is 0. The third kappa shape index (κ3) is 5.05. The molecule has 0 saturated heterocycles. The number of halogens is 6. The highest BCUT2D eigenvalue weighted by atomic mass is 32.2. The fraction of sp³-hybridized carbons (Fsp3) is 0.600. The molecule has 0 aliphatic rings. The molecule has 0 radical (unpaired) electrons. The van der Waals surface area contributed by atoms with E-state index in [1.807, 2.05) is 0 Å². The van der Waals surface area contributed by atoms with Crippen LogP contribution >= 0.6 is 0 Å². The van der Waals surface area contributed by atoms with Gasteiger partial charge in [0.25, 0.3) is 0 Å². The Morgan fingerprint density at radius 2 is 1.60 bits per heavy atom. The minimum Gasteiger partial charge on any atom is -0.743 e. The smallest absolute Gasteiger partial charge is 0.466 e. The zero-order valence-electron chi connectivity index (χ0n) is 12.4. The molecule has 0 aliphatic carbocycles. The molecule has 146 valence electrons. The van der Waals surface area contributed by atoms with Gasteiger partial charge in [0.1, 0.15) is 6.61 Å². The van der Waals surface area contributed by atoms with E-state index in [9.17, 15) is 48.9 Å². The molecule has 0 aromatic heterocycles. The first-order valence-corrected chi connectivity index (χ1v) is 7.13. The molecule has 1 unspecified atom stereocenters. The fourth-order valence-electron chi connectivity index (χ4n) is 1.13. The second-order valence-corrected chi connectivity index (χ2v) is 5.99. The Morgan fingerprint density at radius 1 is 1.16 bits per heavy atom. The second kappa shape index (κ2) is 7.17. The Balaban J connectivity index is 6.16. The van der Waals surface area contributed by atoms with E-state index < -0.39 is 51.6 Å². The van der Waals surface area contributed by atoms with Gasteiger partial charge in [-0.25, -0.2) is 13.2 Å². The summed E-state index contributed by atoms with van der Waals surface area (Å²) in [5.41, 5.74) is 0. The van der Waals surface area contributed by atoms with Gasteiger partial charge in [0.05, 0.1) is 0 Å². The van der Waals surface area contributed by atoms with Crippen LogP contribution in [0.3, 0.4) is 0 Å². The van der Waals surface area contributed by atoms with Crippen LogP contribution in [0.1, 0.15) is 0 Å². The lowest BCUT2D eigenvalue weighted by atomic mass is 10.2. The molecule has 0 aliphatic heterocycles. The number of ether oxygens (including phenoxy) is 2. The molecular weight excluding hydrogens is 392 g/mol. The summed E-state index contributed by atoms with van der Waals surface area (Å²) in [5, 5.41) is -5.42. The number of alkyl halides is 5. The van der Waals surface area contributed by atoms with Crippen molar-refractivity contribution in [3.8, 4) is 0 Å². The quantitative estimate of drug-likeness (QED) is 0.201. The zero-order valence-corrected chi connectivity index (χ0v) is 13.2. The Kier molecular flexibility index (Phi) is 6.63. The molecule has 0 fully saturated rings. The Bertz CT molecular complexity index is 659. The van der Waals surface area contributed by atoms with E-state index >= 15 is 0 Å². The molecule has 1 atom stereocenters. The summed E-state index contributed by atoms with van der Waals surface area (Å²) in [6, 6.07) is 0. The van der Waals surface area contributed by atoms with Gasteiger partial charge >= 0.3 is 29.1 Å². The molecule has 0 aromatic rings. The van der Waals surface area contributed by atoms with Gasteiger partial charge in [0.15, 0.2) is 10.1 Å². The number of nitrogens with zero attached hydrogens (tertiary/aromatic N) is 1. The molecule has 0 spiro atoms. The highest BCUT2D eigenvalue weighted by Gasteiger charge is 2.68. The van der Waals surface area contributed by atoms with Gasteiger partial charge in [0.2, 0.25) is 5.83 Å². The monoisotopic (exact) mass is 402 g/mol. The number of rotatable bonds is 7. The summed E-state index contributed by atoms with van der Waals surface area (Å²) in [6.45, 7) is -0.525. The number of hydrogen-bond donors (Lipinski definition) is 0. The van der Waals surface area contributed by atoms with Crippen molar-refractivity contribution in [2.45, 2.75) is 17.2 Å². The van der Waals surface area contributed by atoms with Crippen molar-refractivity contribution in [2.24, 2.45) is 0 Å². The van der Waals surface area contributed by atoms with Gasteiger partial charge in [-0.2, -0.15) is 26.3 Å². The average Bonchev–Trinajstić information content (AvgIpc) is 2.39. The average molecular weight is 402 g/mol. The lowest BCUT2D eigenvalue weighted by Crippen LogP contribution is -2.62. The van der Waals surface area contributed by atoms with Crippen LogP contribution in [0.5, 0.6) is 0 Å². The van der Waals surface area contributed by atoms with Gasteiger partial charge in [-0.1, -0.05) is 6.58 Å². The predicted octanol–water partition coefficient (Wildman–Crippen LogP) is 0.514. The molecule has 0 rings (SSSR count). The fourth-order valence-corrected chi connectivity index (χ4v) is 1.34. The predicted molar refractivity (Wildman–Crippen MR) is 64.4 cm³/mol. The van der Waals surface area contributed by atoms with E-state index in [2.05, 4.69) is 16.1 Å². The number of carbonyl (C=O) groups excluding carboxylic acids is 2. The van der Waals surface area contributed by atoms with Crippen molar-refractivity contribution in [3.63, 3.8) is 0 Å². The maximum Gasteiger partial charge on any atom is 0.466 e. The summed E-state index contributed by atoms with van der Waals surface area (Å²) < 4.78 is 116. The van der Waals surface area contributed by atoms with Gasteiger partial charge in [-0.3, -0.25) is 4.79 Å². The molecule has 1 amide bonds. The number of amides is 1. The SMILES string of the molecule is C=C(F)C(=O)OC(OCC(F)(F)S(=O)(=O)[O-])(C(=O)N(C)C)C(F)(F)F. The zero-order chi connectivity index (χ0) is 20.4. The highest BCUT2D eigenvalue weighted by Crippen LogP contribution is 2.38. The maximum absolute atomic E-state index is 13.2. The number of likely N-dealkylation sites (N-methyl/N-ethyl adjacent to an activating group) is 1. The number of esters is 1. The number of carbonyl (C=O) groups is 2. The van der Waals surface area contributed by atoms with Crippen LogP contribution in [0.15, 0.2) is 12.4 Å². The van der Waals surface area contributed by atoms with Gasteiger partial charge in [-0.05, 0) is 0 Å². The van der Waals surface area contributed by atoms with Crippen LogP contribution < -0.4 is 0 Å². The summed E-state index contributed by atoms with van der Waals surface area (Å²) in [6.07, 6.45) is -6.07. The largest absolute Gasteiger partial charge is 0.743 e. The van der Waals surface area contributed by atoms with Crippen LogP contribution in [-0.4, -0.2) is 67.7 Å². The van der Waals surface area contributed by atoms with Crippen molar-refractivity contribution in [3.05, 3.63) is 12.4 Å². The van der Waals surface area contributed by atoms with Crippen LogP contribution in [0.2, 0.25) is 0 Å². The minimum atomic E-state index is -6.49. The first-order chi connectivity index (χ1) is 10.9. The molecule has 0 aromatic carbocycles. The van der Waals surface area contributed by atoms with E-state index in [1.165, 1.54) is 0 Å². The minimum absolute atomic E-state index is 0.0750. The van der Waals surface area contributed by atoms with Crippen LogP contribution in [0.25, 0.3) is 0 Å². The van der Waals surface area contributed by atoms with Crippen molar-refractivity contribution in [2.75, 3.05) is 20.7 Å². The lowest BCUT2D eigenvalue weighted by molar-refractivity contribution is -0.355. The lowest BCUT2D eigenvalue weighted by Gasteiger charge is -2.35. The normalized spacial score (nSPS) is 15.2. The molecule has 15 heteroatoms. The van der Waals surface area contributed by atoms with Crippen molar-refractivity contribution >= 4 is 22.0 Å². The standard InChI is InChI=1S/C10H11F6NO7S/c1-5(11)6(18)24-9(10(14,15)16,7(19)17(2)3)23-4-8(12,13)25(20,21)22/h1,4H2,2-3H3,(H,20,21,22)/p-1. The first kappa shape index (κ1) is 23.1. The van der Waals surface area contributed by atoms with Crippen LogP contribution in [-0.2, 0) is 29.2 Å². The van der Waals surface area contributed by atoms with E-state index in [1.54, 1.807) is 0 Å². The van der Waals surface area contributed by atoms with Gasteiger partial charge < -0.3 is 18.9 Å². The van der Waals surface area contributed by atoms with Gasteiger partial charge in [0, 0.05) is 14.1 Å². The van der Waals surface area contributed by atoms with E-state index in [-0.39, 0.29) is 4.90 Å². The first-order valence-electron chi connectivity index (χ1n) is 5.72. The Hall–Kier alpha value is -1.87. The molecule has 25 heavy (non-hydrogen) atoms. The van der Waals surface area contributed by atoms with Crippen molar-refractivity contribution < 1.29 is 58.4 Å².